The van der Waals surface area contributed by atoms with Crippen LogP contribution in [0.3, 0.4) is 0 Å². The van der Waals surface area contributed by atoms with Crippen LogP contribution in [0.1, 0.15) is 5.69 Å². The number of hydrogen-bond donors (Lipinski definition) is 0. The summed E-state index contributed by atoms with van der Waals surface area (Å²) in [6, 6.07) is 19.6. The van der Waals surface area contributed by atoms with Crippen molar-refractivity contribution < 1.29 is 12.6 Å². The smallest absolute Gasteiger partial charge is 0.339 e. The lowest BCUT2D eigenvalue weighted by Crippen LogP contribution is -2.11. The summed E-state index contributed by atoms with van der Waals surface area (Å²) in [6.45, 7) is 1.85. The summed E-state index contributed by atoms with van der Waals surface area (Å²) in [6.07, 6.45) is 0. The number of nitrogens with zero attached hydrogens (tertiary/aromatic N) is 1. The first-order valence-corrected chi connectivity index (χ1v) is 10.1. The average molecular weight is 428 g/mol. The SMILES string of the molecule is Cc1ccc2cccc(OS(=O)(=O)c3ccc(Br)c4ccccc34)c2n1. The van der Waals surface area contributed by atoms with Crippen molar-refractivity contribution in [1.82, 2.24) is 4.98 Å². The average Bonchev–Trinajstić information content (AvgIpc) is 2.62. The van der Waals surface area contributed by atoms with Crippen molar-refractivity contribution in [2.24, 2.45) is 0 Å². The molecule has 6 heteroatoms. The van der Waals surface area contributed by atoms with Gasteiger partial charge in [0.05, 0.1) is 0 Å². The van der Waals surface area contributed by atoms with Crippen LogP contribution in [-0.2, 0) is 10.1 Å². The second-order valence-electron chi connectivity index (χ2n) is 5.91. The number of fused-ring (bicyclic) bond motifs is 2. The van der Waals surface area contributed by atoms with E-state index in [-0.39, 0.29) is 10.6 Å². The lowest BCUT2D eigenvalue weighted by atomic mass is 10.1. The van der Waals surface area contributed by atoms with Crippen LogP contribution in [0, 0.1) is 6.92 Å². The quantitative estimate of drug-likeness (QED) is 0.420. The minimum atomic E-state index is -4.02. The fourth-order valence-electron chi connectivity index (χ4n) is 2.90. The summed E-state index contributed by atoms with van der Waals surface area (Å²) >= 11 is 3.46. The van der Waals surface area contributed by atoms with Gasteiger partial charge in [0.15, 0.2) is 5.75 Å². The molecule has 1 aromatic heterocycles. The molecule has 0 fully saturated rings. The molecular formula is C20H14BrNO3S. The second kappa shape index (κ2) is 6.37. The predicted octanol–water partition coefficient (Wildman–Crippen LogP) is 5.23. The van der Waals surface area contributed by atoms with Gasteiger partial charge < -0.3 is 4.18 Å². The zero-order chi connectivity index (χ0) is 18.3. The van der Waals surface area contributed by atoms with Gasteiger partial charge in [-0.05, 0) is 36.6 Å². The van der Waals surface area contributed by atoms with E-state index in [2.05, 4.69) is 20.9 Å². The molecule has 1 heterocycles. The van der Waals surface area contributed by atoms with Crippen molar-refractivity contribution in [2.45, 2.75) is 11.8 Å². The molecule has 0 aliphatic rings. The van der Waals surface area contributed by atoms with Crippen LogP contribution in [-0.4, -0.2) is 13.4 Å². The monoisotopic (exact) mass is 427 g/mol. The molecule has 0 atom stereocenters. The first kappa shape index (κ1) is 17.0. The van der Waals surface area contributed by atoms with Gasteiger partial charge in [0.2, 0.25) is 0 Å². The Hall–Kier alpha value is -2.44. The summed E-state index contributed by atoms with van der Waals surface area (Å²) in [5.41, 5.74) is 1.32. The number of pyridine rings is 1. The van der Waals surface area contributed by atoms with Crippen LogP contribution in [0.2, 0.25) is 0 Å². The van der Waals surface area contributed by atoms with E-state index in [0.29, 0.717) is 10.9 Å². The zero-order valence-electron chi connectivity index (χ0n) is 13.8. The molecule has 4 aromatic rings. The van der Waals surface area contributed by atoms with Gasteiger partial charge in [-0.15, -0.1) is 0 Å². The molecule has 0 unspecified atom stereocenters. The third-order valence-corrected chi connectivity index (χ3v) is 6.11. The van der Waals surface area contributed by atoms with Gasteiger partial charge in [-0.25, -0.2) is 4.98 Å². The van der Waals surface area contributed by atoms with Crippen molar-refractivity contribution in [2.75, 3.05) is 0 Å². The maximum atomic E-state index is 13.0. The van der Waals surface area contributed by atoms with Crippen molar-refractivity contribution in [3.63, 3.8) is 0 Å². The first-order chi connectivity index (χ1) is 12.5. The fraction of sp³-hybridized carbons (Fsp3) is 0.0500. The Bertz CT molecular complexity index is 1250. The Morgan fingerprint density at radius 3 is 2.46 bits per heavy atom. The van der Waals surface area contributed by atoms with E-state index >= 15 is 0 Å². The normalized spacial score (nSPS) is 11.8. The van der Waals surface area contributed by atoms with E-state index in [9.17, 15) is 8.42 Å². The van der Waals surface area contributed by atoms with Gasteiger partial charge in [-0.2, -0.15) is 8.42 Å². The number of aryl methyl sites for hydroxylation is 1. The van der Waals surface area contributed by atoms with Crippen LogP contribution in [0.25, 0.3) is 21.7 Å². The highest BCUT2D eigenvalue weighted by Gasteiger charge is 2.22. The van der Waals surface area contributed by atoms with Crippen LogP contribution < -0.4 is 4.18 Å². The molecule has 0 saturated carbocycles. The van der Waals surface area contributed by atoms with Gasteiger partial charge in [0.25, 0.3) is 0 Å². The van der Waals surface area contributed by atoms with Gasteiger partial charge in [0, 0.05) is 20.9 Å². The minimum absolute atomic E-state index is 0.126. The predicted molar refractivity (Wildman–Crippen MR) is 106 cm³/mol. The largest absolute Gasteiger partial charge is 0.377 e. The lowest BCUT2D eigenvalue weighted by Gasteiger charge is -2.12. The molecule has 0 saturated heterocycles. The Labute approximate surface area is 159 Å². The van der Waals surface area contributed by atoms with Gasteiger partial charge in [0.1, 0.15) is 10.4 Å². The Morgan fingerprint density at radius 2 is 1.65 bits per heavy atom. The minimum Gasteiger partial charge on any atom is -0.377 e. The molecule has 130 valence electrons. The van der Waals surface area contributed by atoms with Crippen molar-refractivity contribution in [1.29, 1.82) is 0 Å². The topological polar surface area (TPSA) is 56.3 Å². The molecule has 26 heavy (non-hydrogen) atoms. The van der Waals surface area contributed by atoms with Crippen LogP contribution >= 0.6 is 15.9 Å². The summed E-state index contributed by atoms with van der Waals surface area (Å²) < 4.78 is 32.3. The summed E-state index contributed by atoms with van der Waals surface area (Å²) in [7, 11) is -4.02. The Kier molecular flexibility index (Phi) is 4.17. The van der Waals surface area contributed by atoms with Crippen LogP contribution in [0.15, 0.2) is 76.1 Å². The summed E-state index contributed by atoms with van der Waals surface area (Å²) in [5, 5.41) is 2.24. The van der Waals surface area contributed by atoms with E-state index in [1.165, 1.54) is 0 Å². The molecular weight excluding hydrogens is 414 g/mol. The highest BCUT2D eigenvalue weighted by molar-refractivity contribution is 9.10. The molecule has 0 bridgehead atoms. The van der Waals surface area contributed by atoms with Gasteiger partial charge in [-0.1, -0.05) is 58.4 Å². The van der Waals surface area contributed by atoms with E-state index < -0.39 is 10.1 Å². The molecule has 3 aromatic carbocycles. The third kappa shape index (κ3) is 2.95. The van der Waals surface area contributed by atoms with Crippen molar-refractivity contribution in [3.05, 3.63) is 76.9 Å². The number of hydrogen-bond acceptors (Lipinski definition) is 4. The molecule has 0 amide bonds. The molecule has 4 rings (SSSR count). The molecule has 0 radical (unpaired) electrons. The maximum absolute atomic E-state index is 13.0. The summed E-state index contributed by atoms with van der Waals surface area (Å²) in [4.78, 5) is 4.56. The van der Waals surface area contributed by atoms with E-state index in [1.807, 2.05) is 37.3 Å². The van der Waals surface area contributed by atoms with E-state index in [1.54, 1.807) is 36.4 Å². The Balaban J connectivity index is 1.87. The fourth-order valence-corrected chi connectivity index (χ4v) is 4.52. The number of halogens is 1. The number of benzene rings is 3. The molecule has 0 aliphatic carbocycles. The molecule has 0 spiro atoms. The number of rotatable bonds is 3. The van der Waals surface area contributed by atoms with E-state index in [0.717, 1.165) is 20.9 Å². The number of aromatic nitrogens is 1. The third-order valence-electron chi connectivity index (χ3n) is 4.12. The van der Waals surface area contributed by atoms with Gasteiger partial charge in [-0.3, -0.25) is 0 Å². The van der Waals surface area contributed by atoms with Gasteiger partial charge >= 0.3 is 10.1 Å². The second-order valence-corrected chi connectivity index (χ2v) is 8.28. The molecule has 0 aliphatic heterocycles. The molecule has 4 nitrogen and oxygen atoms in total. The van der Waals surface area contributed by atoms with Crippen LogP contribution in [0.4, 0.5) is 0 Å². The van der Waals surface area contributed by atoms with Crippen LogP contribution in [0.5, 0.6) is 5.75 Å². The molecule has 0 N–H and O–H groups in total. The summed E-state index contributed by atoms with van der Waals surface area (Å²) in [5.74, 6) is 0.221. The highest BCUT2D eigenvalue weighted by Crippen LogP contribution is 2.32. The van der Waals surface area contributed by atoms with E-state index in [4.69, 9.17) is 4.18 Å². The number of para-hydroxylation sites is 1. The first-order valence-electron chi connectivity index (χ1n) is 7.94. The maximum Gasteiger partial charge on any atom is 0.339 e. The van der Waals surface area contributed by atoms with Crippen molar-refractivity contribution >= 4 is 47.7 Å². The van der Waals surface area contributed by atoms with Crippen molar-refractivity contribution in [3.8, 4) is 5.75 Å². The highest BCUT2D eigenvalue weighted by atomic mass is 79.9. The lowest BCUT2D eigenvalue weighted by molar-refractivity contribution is 0.489. The zero-order valence-corrected chi connectivity index (χ0v) is 16.2. The standard InChI is InChI=1S/C20H14BrNO3S/c1-13-9-10-14-5-4-8-18(20(14)22-13)25-26(23,24)19-12-11-17(21)15-6-2-3-7-16(15)19/h2-12H,1H3. The Morgan fingerprint density at radius 1 is 0.885 bits per heavy atom.